The van der Waals surface area contributed by atoms with Crippen molar-refractivity contribution in [2.45, 2.75) is 39.8 Å². The summed E-state index contributed by atoms with van der Waals surface area (Å²) in [5, 5.41) is 4.25. The number of carbonyl (C=O) groups is 1. The molecule has 1 aromatic heterocycles. The first kappa shape index (κ1) is 21.7. The Morgan fingerprint density at radius 1 is 0.969 bits per heavy atom. The van der Waals surface area contributed by atoms with Gasteiger partial charge in [-0.2, -0.15) is 0 Å². The van der Waals surface area contributed by atoms with Gasteiger partial charge < -0.3 is 14.6 Å². The maximum atomic E-state index is 12.5. The van der Waals surface area contributed by atoms with E-state index >= 15 is 0 Å². The number of ether oxygens (including phenoxy) is 1. The molecule has 0 unspecified atom stereocenters. The molecule has 0 saturated heterocycles. The first-order valence-electron chi connectivity index (χ1n) is 11.1. The van der Waals surface area contributed by atoms with Crippen molar-refractivity contribution >= 4 is 16.8 Å². The number of benzene rings is 3. The number of hydrogen-bond donors (Lipinski definition) is 1. The summed E-state index contributed by atoms with van der Waals surface area (Å²) in [6.45, 7) is 5.63. The Balaban J connectivity index is 1.45. The van der Waals surface area contributed by atoms with E-state index in [-0.39, 0.29) is 5.91 Å². The van der Waals surface area contributed by atoms with Crippen molar-refractivity contribution in [1.82, 2.24) is 9.88 Å². The second-order valence-corrected chi connectivity index (χ2v) is 8.36. The molecule has 32 heavy (non-hydrogen) atoms. The van der Waals surface area contributed by atoms with Crippen LogP contribution < -0.4 is 10.1 Å². The molecular weight excluding hydrogens is 396 g/mol. The van der Waals surface area contributed by atoms with Gasteiger partial charge in [-0.15, -0.1) is 0 Å². The van der Waals surface area contributed by atoms with Gasteiger partial charge in [-0.3, -0.25) is 4.79 Å². The predicted octanol–water partition coefficient (Wildman–Crippen LogP) is 5.56. The van der Waals surface area contributed by atoms with E-state index in [4.69, 9.17) is 4.74 Å². The lowest BCUT2D eigenvalue weighted by Crippen LogP contribution is -2.22. The van der Waals surface area contributed by atoms with Crippen LogP contribution in [0.25, 0.3) is 10.9 Å². The highest BCUT2D eigenvalue weighted by Gasteiger charge is 2.11. The minimum atomic E-state index is 0.0548. The van der Waals surface area contributed by atoms with Gasteiger partial charge in [-0.05, 0) is 60.7 Å². The fraction of sp³-hybridized carbons (Fsp3) is 0.250. The molecule has 0 aliphatic rings. The summed E-state index contributed by atoms with van der Waals surface area (Å²) < 4.78 is 7.56. The third kappa shape index (κ3) is 5.02. The fourth-order valence-electron chi connectivity index (χ4n) is 4.13. The molecule has 164 valence electrons. The van der Waals surface area contributed by atoms with Crippen molar-refractivity contribution in [1.29, 1.82) is 0 Å². The number of nitrogens with zero attached hydrogens (tertiary/aromatic N) is 1. The van der Waals surface area contributed by atoms with E-state index in [1.165, 1.54) is 33.2 Å². The Morgan fingerprint density at radius 3 is 2.66 bits per heavy atom. The lowest BCUT2D eigenvalue weighted by molar-refractivity contribution is -0.121. The monoisotopic (exact) mass is 426 g/mol. The van der Waals surface area contributed by atoms with Crippen LogP contribution in [0.2, 0.25) is 0 Å². The number of para-hydroxylation sites is 1. The minimum Gasteiger partial charge on any atom is -0.497 e. The van der Waals surface area contributed by atoms with Gasteiger partial charge >= 0.3 is 0 Å². The van der Waals surface area contributed by atoms with Crippen molar-refractivity contribution in [3.63, 3.8) is 0 Å². The number of rotatable bonds is 8. The summed E-state index contributed by atoms with van der Waals surface area (Å²) in [7, 11) is 1.65. The van der Waals surface area contributed by atoms with Gasteiger partial charge in [0, 0.05) is 36.6 Å². The van der Waals surface area contributed by atoms with Crippen LogP contribution in [-0.4, -0.2) is 17.6 Å². The van der Waals surface area contributed by atoms with E-state index in [0.717, 1.165) is 17.9 Å². The van der Waals surface area contributed by atoms with Crippen molar-refractivity contribution in [2.75, 3.05) is 7.11 Å². The summed E-state index contributed by atoms with van der Waals surface area (Å²) in [4.78, 5) is 12.5. The lowest BCUT2D eigenvalue weighted by Gasteiger charge is -2.10. The topological polar surface area (TPSA) is 43.3 Å². The molecule has 0 spiro atoms. The summed E-state index contributed by atoms with van der Waals surface area (Å²) in [6.07, 6.45) is 3.38. The molecule has 0 bridgehead atoms. The van der Waals surface area contributed by atoms with Gasteiger partial charge in [0.25, 0.3) is 0 Å². The highest BCUT2D eigenvalue weighted by Crippen LogP contribution is 2.24. The number of amides is 1. The van der Waals surface area contributed by atoms with Crippen LogP contribution in [0.15, 0.2) is 72.9 Å². The normalized spacial score (nSPS) is 11.0. The lowest BCUT2D eigenvalue weighted by atomic mass is 10.1. The molecule has 0 atom stereocenters. The Hall–Kier alpha value is -3.53. The number of carbonyl (C=O) groups excluding carboxylic acids is 1. The van der Waals surface area contributed by atoms with Crippen LogP contribution in [0, 0.1) is 13.8 Å². The first-order valence-corrected chi connectivity index (χ1v) is 11.1. The molecule has 0 radical (unpaired) electrons. The summed E-state index contributed by atoms with van der Waals surface area (Å²) in [6, 6.07) is 22.8. The average Bonchev–Trinajstić information content (AvgIpc) is 3.16. The van der Waals surface area contributed by atoms with Crippen LogP contribution in [-0.2, 0) is 24.3 Å². The van der Waals surface area contributed by atoms with Crippen LogP contribution >= 0.6 is 0 Å². The third-order valence-corrected chi connectivity index (χ3v) is 5.96. The number of nitrogens with one attached hydrogen (secondary N) is 1. The van der Waals surface area contributed by atoms with E-state index in [1.54, 1.807) is 7.11 Å². The molecule has 1 heterocycles. The second kappa shape index (κ2) is 9.73. The average molecular weight is 427 g/mol. The van der Waals surface area contributed by atoms with Crippen LogP contribution in [0.5, 0.6) is 5.75 Å². The van der Waals surface area contributed by atoms with Gasteiger partial charge in [-0.25, -0.2) is 0 Å². The fourth-order valence-corrected chi connectivity index (χ4v) is 4.13. The van der Waals surface area contributed by atoms with Gasteiger partial charge in [0.1, 0.15) is 5.75 Å². The smallest absolute Gasteiger partial charge is 0.220 e. The Bertz CT molecular complexity index is 1240. The zero-order valence-electron chi connectivity index (χ0n) is 19.0. The molecule has 1 amide bonds. The molecule has 4 rings (SSSR count). The maximum absolute atomic E-state index is 12.5. The molecule has 0 saturated carbocycles. The SMILES string of the molecule is COc1cccc(CNC(=O)CCc2cn(Cc3cc(C)ccc3C)c3ccccc23)c1. The van der Waals surface area contributed by atoms with Gasteiger partial charge in [0.15, 0.2) is 0 Å². The van der Waals surface area contributed by atoms with Crippen molar-refractivity contribution in [2.24, 2.45) is 0 Å². The van der Waals surface area contributed by atoms with E-state index in [2.05, 4.69) is 72.4 Å². The maximum Gasteiger partial charge on any atom is 0.220 e. The Morgan fingerprint density at radius 2 is 1.81 bits per heavy atom. The number of hydrogen-bond acceptors (Lipinski definition) is 2. The predicted molar refractivity (Wildman–Crippen MR) is 130 cm³/mol. The van der Waals surface area contributed by atoms with Crippen molar-refractivity contribution in [3.05, 3.63) is 101 Å². The van der Waals surface area contributed by atoms with E-state index < -0.39 is 0 Å². The quantitative estimate of drug-likeness (QED) is 0.401. The first-order chi connectivity index (χ1) is 15.5. The van der Waals surface area contributed by atoms with E-state index in [9.17, 15) is 4.79 Å². The molecule has 0 aliphatic heterocycles. The number of methoxy groups -OCH3 is 1. The standard InChI is InChI=1S/C28H30N2O2/c1-20-11-12-21(2)24(15-20)19-30-18-23(26-9-4-5-10-27(26)30)13-14-28(31)29-17-22-7-6-8-25(16-22)32-3/h4-12,15-16,18H,13-14,17,19H2,1-3H3,(H,29,31). The number of aryl methyl sites for hydroxylation is 3. The Kier molecular flexibility index (Phi) is 6.60. The molecule has 3 aromatic carbocycles. The molecule has 1 N–H and O–H groups in total. The highest BCUT2D eigenvalue weighted by molar-refractivity contribution is 5.85. The molecule has 4 heteroatoms. The summed E-state index contributed by atoms with van der Waals surface area (Å²) >= 11 is 0. The second-order valence-electron chi connectivity index (χ2n) is 8.36. The zero-order valence-corrected chi connectivity index (χ0v) is 19.0. The molecule has 4 nitrogen and oxygen atoms in total. The third-order valence-electron chi connectivity index (χ3n) is 5.96. The van der Waals surface area contributed by atoms with Crippen LogP contribution in [0.4, 0.5) is 0 Å². The molecular formula is C28H30N2O2. The van der Waals surface area contributed by atoms with Crippen LogP contribution in [0.3, 0.4) is 0 Å². The minimum absolute atomic E-state index is 0.0548. The van der Waals surface area contributed by atoms with Gasteiger partial charge in [-0.1, -0.05) is 54.1 Å². The summed E-state index contributed by atoms with van der Waals surface area (Å²) in [5.74, 6) is 0.854. The van der Waals surface area contributed by atoms with Crippen molar-refractivity contribution < 1.29 is 9.53 Å². The molecule has 0 aliphatic carbocycles. The van der Waals surface area contributed by atoms with E-state index in [0.29, 0.717) is 19.4 Å². The zero-order chi connectivity index (χ0) is 22.5. The molecule has 4 aromatic rings. The van der Waals surface area contributed by atoms with E-state index in [1.807, 2.05) is 24.3 Å². The Labute approximate surface area is 189 Å². The van der Waals surface area contributed by atoms with Crippen molar-refractivity contribution in [3.8, 4) is 5.75 Å². The number of aromatic nitrogens is 1. The van der Waals surface area contributed by atoms with Gasteiger partial charge in [0.05, 0.1) is 7.11 Å². The molecule has 0 fully saturated rings. The number of fused-ring (bicyclic) bond motifs is 1. The highest BCUT2D eigenvalue weighted by atomic mass is 16.5. The van der Waals surface area contributed by atoms with Crippen LogP contribution in [0.1, 0.15) is 34.2 Å². The largest absolute Gasteiger partial charge is 0.497 e. The summed E-state index contributed by atoms with van der Waals surface area (Å²) in [5.41, 5.74) is 7.35. The van der Waals surface area contributed by atoms with Gasteiger partial charge in [0.2, 0.25) is 5.91 Å².